The number of amides is 1. The molecular formula is C22H22N2O3. The third kappa shape index (κ3) is 5.31. The van der Waals surface area contributed by atoms with E-state index in [-0.39, 0.29) is 5.91 Å². The molecule has 1 amide bonds. The van der Waals surface area contributed by atoms with Gasteiger partial charge in [-0.1, -0.05) is 30.3 Å². The summed E-state index contributed by atoms with van der Waals surface area (Å²) in [4.78, 5) is 16.5. The summed E-state index contributed by atoms with van der Waals surface area (Å²) in [5.74, 6) is 1.35. The molecule has 0 unspecified atom stereocenters. The van der Waals surface area contributed by atoms with Crippen molar-refractivity contribution >= 4 is 5.91 Å². The molecule has 138 valence electrons. The van der Waals surface area contributed by atoms with Gasteiger partial charge in [0, 0.05) is 30.1 Å². The maximum atomic E-state index is 12.4. The lowest BCUT2D eigenvalue weighted by molar-refractivity contribution is 0.0953. The molecule has 0 aliphatic carbocycles. The van der Waals surface area contributed by atoms with Gasteiger partial charge in [-0.3, -0.25) is 9.78 Å². The molecule has 2 aromatic carbocycles. The Morgan fingerprint density at radius 3 is 2.78 bits per heavy atom. The zero-order chi connectivity index (χ0) is 18.9. The molecule has 0 aliphatic rings. The molecule has 3 aromatic rings. The van der Waals surface area contributed by atoms with E-state index in [9.17, 15) is 4.79 Å². The summed E-state index contributed by atoms with van der Waals surface area (Å²) >= 11 is 0. The second-order valence-electron chi connectivity index (χ2n) is 6.00. The van der Waals surface area contributed by atoms with E-state index in [1.54, 1.807) is 31.6 Å². The van der Waals surface area contributed by atoms with Crippen LogP contribution in [0.15, 0.2) is 73.1 Å². The number of hydrogen-bond donors (Lipinski definition) is 1. The molecule has 0 aliphatic heterocycles. The van der Waals surface area contributed by atoms with Gasteiger partial charge in [0.15, 0.2) is 0 Å². The number of para-hydroxylation sites is 1. The van der Waals surface area contributed by atoms with E-state index in [1.165, 1.54) is 0 Å². The summed E-state index contributed by atoms with van der Waals surface area (Å²) < 4.78 is 11.1. The summed E-state index contributed by atoms with van der Waals surface area (Å²) in [6, 6.07) is 18.8. The molecule has 0 bridgehead atoms. The van der Waals surface area contributed by atoms with Gasteiger partial charge in [0.05, 0.1) is 7.11 Å². The minimum Gasteiger partial charge on any atom is -0.496 e. The zero-order valence-corrected chi connectivity index (χ0v) is 15.2. The first-order valence-electron chi connectivity index (χ1n) is 8.78. The van der Waals surface area contributed by atoms with Crippen LogP contribution in [0.5, 0.6) is 11.5 Å². The number of methoxy groups -OCH3 is 1. The normalized spacial score (nSPS) is 10.3. The molecule has 5 heteroatoms. The first-order chi connectivity index (χ1) is 13.3. The Bertz CT molecular complexity index is 881. The summed E-state index contributed by atoms with van der Waals surface area (Å²) in [5, 5.41) is 2.94. The van der Waals surface area contributed by atoms with Crippen molar-refractivity contribution in [2.45, 2.75) is 13.0 Å². The van der Waals surface area contributed by atoms with Crippen LogP contribution in [-0.4, -0.2) is 24.5 Å². The van der Waals surface area contributed by atoms with E-state index in [0.29, 0.717) is 30.9 Å². The van der Waals surface area contributed by atoms with Crippen LogP contribution in [0.3, 0.4) is 0 Å². The second-order valence-corrected chi connectivity index (χ2v) is 6.00. The number of hydrogen-bond acceptors (Lipinski definition) is 4. The maximum absolute atomic E-state index is 12.4. The highest BCUT2D eigenvalue weighted by molar-refractivity contribution is 5.94. The van der Waals surface area contributed by atoms with Gasteiger partial charge in [0.1, 0.15) is 18.1 Å². The van der Waals surface area contributed by atoms with Gasteiger partial charge < -0.3 is 14.8 Å². The Hall–Kier alpha value is -3.34. The standard InChI is InChI=1S/C22H22N2O3/c1-26-21-10-3-2-7-18(21)11-13-24-22(25)19-8-4-9-20(14-19)27-16-17-6-5-12-23-15-17/h2-10,12,14-15H,11,13,16H2,1H3,(H,24,25). The van der Waals surface area contributed by atoms with E-state index in [2.05, 4.69) is 10.3 Å². The highest BCUT2D eigenvalue weighted by Crippen LogP contribution is 2.18. The Kier molecular flexibility index (Phi) is 6.41. The van der Waals surface area contributed by atoms with E-state index < -0.39 is 0 Å². The Balaban J connectivity index is 1.54. The smallest absolute Gasteiger partial charge is 0.251 e. The van der Waals surface area contributed by atoms with Gasteiger partial charge in [0.25, 0.3) is 5.91 Å². The third-order valence-electron chi connectivity index (χ3n) is 4.10. The fourth-order valence-electron chi connectivity index (χ4n) is 2.70. The van der Waals surface area contributed by atoms with Gasteiger partial charge in [-0.25, -0.2) is 0 Å². The van der Waals surface area contributed by atoms with Crippen LogP contribution in [0.2, 0.25) is 0 Å². The Morgan fingerprint density at radius 1 is 1.07 bits per heavy atom. The lowest BCUT2D eigenvalue weighted by Crippen LogP contribution is -2.25. The van der Waals surface area contributed by atoms with Gasteiger partial charge in [-0.2, -0.15) is 0 Å². The number of carbonyl (C=O) groups excluding carboxylic acids is 1. The van der Waals surface area contributed by atoms with Crippen molar-refractivity contribution in [3.8, 4) is 11.5 Å². The Morgan fingerprint density at radius 2 is 1.96 bits per heavy atom. The maximum Gasteiger partial charge on any atom is 0.251 e. The van der Waals surface area contributed by atoms with Crippen LogP contribution in [0, 0.1) is 0 Å². The molecule has 0 fully saturated rings. The lowest BCUT2D eigenvalue weighted by atomic mass is 10.1. The minimum atomic E-state index is -0.128. The summed E-state index contributed by atoms with van der Waals surface area (Å²) in [6.07, 6.45) is 4.18. The lowest BCUT2D eigenvalue weighted by Gasteiger charge is -2.10. The van der Waals surface area contributed by atoms with Crippen molar-refractivity contribution in [2.24, 2.45) is 0 Å². The summed E-state index contributed by atoms with van der Waals surface area (Å²) in [5.41, 5.74) is 2.61. The van der Waals surface area contributed by atoms with Crippen molar-refractivity contribution in [3.05, 3.63) is 89.7 Å². The number of aromatic nitrogens is 1. The molecule has 1 heterocycles. The van der Waals surface area contributed by atoms with Crippen LogP contribution < -0.4 is 14.8 Å². The van der Waals surface area contributed by atoms with Crippen molar-refractivity contribution in [2.75, 3.05) is 13.7 Å². The number of nitrogens with one attached hydrogen (secondary N) is 1. The molecule has 5 nitrogen and oxygen atoms in total. The first-order valence-corrected chi connectivity index (χ1v) is 8.78. The largest absolute Gasteiger partial charge is 0.496 e. The highest BCUT2D eigenvalue weighted by atomic mass is 16.5. The molecule has 0 saturated carbocycles. The van der Waals surface area contributed by atoms with Gasteiger partial charge in [0.2, 0.25) is 0 Å². The molecular weight excluding hydrogens is 340 g/mol. The number of rotatable bonds is 8. The molecule has 27 heavy (non-hydrogen) atoms. The average Bonchev–Trinajstić information content (AvgIpc) is 2.73. The van der Waals surface area contributed by atoms with Gasteiger partial charge in [-0.05, 0) is 42.3 Å². The van der Waals surface area contributed by atoms with Gasteiger partial charge in [-0.15, -0.1) is 0 Å². The van der Waals surface area contributed by atoms with E-state index in [1.807, 2.05) is 48.5 Å². The van der Waals surface area contributed by atoms with Crippen LogP contribution in [0.1, 0.15) is 21.5 Å². The first kappa shape index (κ1) is 18.5. The fraction of sp³-hybridized carbons (Fsp3) is 0.182. The van der Waals surface area contributed by atoms with Crippen molar-refractivity contribution in [1.82, 2.24) is 10.3 Å². The monoisotopic (exact) mass is 362 g/mol. The quantitative estimate of drug-likeness (QED) is 0.665. The van der Waals surface area contributed by atoms with Crippen molar-refractivity contribution < 1.29 is 14.3 Å². The molecule has 1 N–H and O–H groups in total. The van der Waals surface area contributed by atoms with E-state index >= 15 is 0 Å². The molecule has 0 radical (unpaired) electrons. The average molecular weight is 362 g/mol. The molecule has 3 rings (SSSR count). The predicted molar refractivity (Wildman–Crippen MR) is 104 cm³/mol. The van der Waals surface area contributed by atoms with Crippen molar-refractivity contribution in [3.63, 3.8) is 0 Å². The SMILES string of the molecule is COc1ccccc1CCNC(=O)c1cccc(OCc2cccnc2)c1. The number of ether oxygens (including phenoxy) is 2. The minimum absolute atomic E-state index is 0.128. The van der Waals surface area contributed by atoms with Crippen molar-refractivity contribution in [1.29, 1.82) is 0 Å². The molecule has 1 aromatic heterocycles. The van der Waals surface area contributed by atoms with Crippen LogP contribution >= 0.6 is 0 Å². The van der Waals surface area contributed by atoms with E-state index in [4.69, 9.17) is 9.47 Å². The Labute approximate surface area is 159 Å². The third-order valence-corrected chi connectivity index (χ3v) is 4.10. The number of benzene rings is 2. The van der Waals surface area contributed by atoms with Crippen LogP contribution in [0.25, 0.3) is 0 Å². The summed E-state index contributed by atoms with van der Waals surface area (Å²) in [6.45, 7) is 0.937. The molecule has 0 saturated heterocycles. The van der Waals surface area contributed by atoms with Crippen LogP contribution in [-0.2, 0) is 13.0 Å². The fourth-order valence-corrected chi connectivity index (χ4v) is 2.70. The predicted octanol–water partition coefficient (Wildman–Crippen LogP) is 3.64. The topological polar surface area (TPSA) is 60.5 Å². The molecule has 0 atom stereocenters. The van der Waals surface area contributed by atoms with E-state index in [0.717, 1.165) is 16.9 Å². The highest BCUT2D eigenvalue weighted by Gasteiger charge is 2.08. The number of pyridine rings is 1. The number of carbonyl (C=O) groups is 1. The summed E-state index contributed by atoms with van der Waals surface area (Å²) in [7, 11) is 1.65. The second kappa shape index (κ2) is 9.38. The van der Waals surface area contributed by atoms with Crippen LogP contribution in [0.4, 0.5) is 0 Å². The van der Waals surface area contributed by atoms with Gasteiger partial charge >= 0.3 is 0 Å². The molecule has 0 spiro atoms. The zero-order valence-electron chi connectivity index (χ0n) is 15.2. The number of nitrogens with zero attached hydrogens (tertiary/aromatic N) is 1.